The lowest BCUT2D eigenvalue weighted by molar-refractivity contribution is -0.00537. The smallest absolute Gasteiger partial charge is 0.295 e. The first kappa shape index (κ1) is 8.21. The Morgan fingerprint density at radius 1 is 1.44 bits per heavy atom. The number of rotatable bonds is 0. The maximum Gasteiger partial charge on any atom is 0.295 e. The van der Waals surface area contributed by atoms with Crippen LogP contribution < -0.4 is 0 Å². The molecule has 0 N–H and O–H groups in total. The number of nitrogens with zero attached hydrogens (tertiary/aromatic N) is 2. The summed E-state index contributed by atoms with van der Waals surface area (Å²) in [5, 5.41) is 0. The molecule has 0 aliphatic heterocycles. The highest BCUT2D eigenvalue weighted by Crippen LogP contribution is 1.94. The molecule has 0 fully saturated rings. The van der Waals surface area contributed by atoms with E-state index in [0.717, 1.165) is 6.42 Å². The van der Waals surface area contributed by atoms with E-state index in [1.54, 1.807) is 6.08 Å². The molecule has 0 aromatic carbocycles. The lowest BCUT2D eigenvalue weighted by Gasteiger charge is -1.85. The topological polar surface area (TPSA) is 36.4 Å². The van der Waals surface area contributed by atoms with Gasteiger partial charge in [0.25, 0.3) is 5.71 Å². The molecule has 0 bridgehead atoms. The van der Waals surface area contributed by atoms with E-state index in [1.165, 1.54) is 0 Å². The van der Waals surface area contributed by atoms with E-state index >= 15 is 0 Å². The van der Waals surface area contributed by atoms with Crippen LogP contribution in [0.5, 0.6) is 0 Å². The fourth-order valence-electron chi connectivity index (χ4n) is 0.576. The molecule has 1 aliphatic carbocycles. The van der Waals surface area contributed by atoms with Gasteiger partial charge >= 0.3 is 0 Å². The number of hydrogen-bond acceptors (Lipinski definition) is 0. The molecule has 0 saturated heterocycles. The third-order valence-electron chi connectivity index (χ3n) is 0.991. The van der Waals surface area contributed by atoms with Crippen molar-refractivity contribution in [2.24, 2.45) is 0 Å². The Hall–Kier alpha value is -0.790. The molecule has 0 radical (unpaired) electrons. The Bertz CT molecular complexity index is 187. The second kappa shape index (κ2) is 4.13. The molecule has 0 saturated carbocycles. The highest BCUT2D eigenvalue weighted by atomic mass is 32.1. The molecule has 0 unspecified atom stereocenters. The van der Waals surface area contributed by atoms with Crippen LogP contribution >= 0.6 is 13.5 Å². The fraction of sp³-hybridized carbons (Fsp3) is 0.167. The standard InChI is InChI=1S/C6H6N2.H2S/c7-8-6-4-2-1-3-5-6;/h1-4H,5H2;1H2. The first-order valence-corrected chi connectivity index (χ1v) is 2.47. The molecule has 0 spiro atoms. The van der Waals surface area contributed by atoms with Crippen molar-refractivity contribution in [3.8, 4) is 0 Å². The molecule has 0 amide bonds. The van der Waals surface area contributed by atoms with Crippen LogP contribution in [0.2, 0.25) is 0 Å². The first-order valence-electron chi connectivity index (χ1n) is 2.47. The van der Waals surface area contributed by atoms with E-state index in [9.17, 15) is 0 Å². The second-order valence-corrected chi connectivity index (χ2v) is 1.58. The summed E-state index contributed by atoms with van der Waals surface area (Å²) in [6, 6.07) is 0. The molecule has 2 nitrogen and oxygen atoms in total. The summed E-state index contributed by atoms with van der Waals surface area (Å²) in [5.41, 5.74) is 8.91. The SMILES string of the molecule is S.[N-]=[N+]=C1C=CC=CC1. The van der Waals surface area contributed by atoms with Gasteiger partial charge in [-0.1, -0.05) is 18.2 Å². The van der Waals surface area contributed by atoms with Gasteiger partial charge in [0.15, 0.2) is 0 Å². The van der Waals surface area contributed by atoms with E-state index in [1.807, 2.05) is 18.2 Å². The van der Waals surface area contributed by atoms with Gasteiger partial charge in [-0.05, 0) is 0 Å². The van der Waals surface area contributed by atoms with E-state index in [4.69, 9.17) is 5.53 Å². The zero-order chi connectivity index (χ0) is 5.82. The lowest BCUT2D eigenvalue weighted by Crippen LogP contribution is -1.93. The van der Waals surface area contributed by atoms with E-state index in [2.05, 4.69) is 4.79 Å². The van der Waals surface area contributed by atoms with Gasteiger partial charge in [0.1, 0.15) is 0 Å². The number of allylic oxidation sites excluding steroid dienone is 4. The van der Waals surface area contributed by atoms with Crippen LogP contribution in [0, 0.1) is 0 Å². The van der Waals surface area contributed by atoms with Gasteiger partial charge in [-0.3, -0.25) is 0 Å². The number of hydrogen-bond donors (Lipinski definition) is 0. The van der Waals surface area contributed by atoms with Crippen LogP contribution in [0.1, 0.15) is 6.42 Å². The average molecular weight is 140 g/mol. The van der Waals surface area contributed by atoms with Gasteiger partial charge < -0.3 is 5.53 Å². The van der Waals surface area contributed by atoms with Gasteiger partial charge in [-0.15, -0.1) is 0 Å². The van der Waals surface area contributed by atoms with Crippen molar-refractivity contribution in [1.82, 2.24) is 0 Å². The summed E-state index contributed by atoms with van der Waals surface area (Å²) in [6.45, 7) is 0. The summed E-state index contributed by atoms with van der Waals surface area (Å²) in [4.78, 5) is 3.03. The fourth-order valence-corrected chi connectivity index (χ4v) is 0.576. The van der Waals surface area contributed by atoms with Crippen LogP contribution in [0.4, 0.5) is 0 Å². The van der Waals surface area contributed by atoms with Crippen molar-refractivity contribution >= 4 is 19.2 Å². The van der Waals surface area contributed by atoms with Gasteiger partial charge in [0.05, 0.1) is 6.42 Å². The monoisotopic (exact) mass is 140 g/mol. The Balaban J connectivity index is 0.000000640. The van der Waals surface area contributed by atoms with Crippen molar-refractivity contribution in [3.63, 3.8) is 0 Å². The highest BCUT2D eigenvalue weighted by Gasteiger charge is 1.99. The quantitative estimate of drug-likeness (QED) is 0.359. The molecule has 1 aliphatic rings. The van der Waals surface area contributed by atoms with Crippen LogP contribution in [0.25, 0.3) is 5.53 Å². The maximum atomic E-state index is 8.19. The molecule has 0 aromatic rings. The van der Waals surface area contributed by atoms with Gasteiger partial charge in [0, 0.05) is 6.08 Å². The molecular weight excluding hydrogens is 132 g/mol. The third kappa shape index (κ3) is 2.31. The minimum Gasteiger partial charge on any atom is -0.361 e. The van der Waals surface area contributed by atoms with Crippen molar-refractivity contribution in [2.75, 3.05) is 0 Å². The maximum absolute atomic E-state index is 8.19. The normalized spacial score (nSPS) is 14.4. The molecule has 0 aromatic heterocycles. The van der Waals surface area contributed by atoms with E-state index in [-0.39, 0.29) is 13.5 Å². The zero-order valence-electron chi connectivity index (χ0n) is 4.91. The van der Waals surface area contributed by atoms with Gasteiger partial charge in [-0.2, -0.15) is 18.3 Å². The van der Waals surface area contributed by atoms with Crippen LogP contribution in [0.15, 0.2) is 24.3 Å². The third-order valence-corrected chi connectivity index (χ3v) is 0.991. The summed E-state index contributed by atoms with van der Waals surface area (Å²) < 4.78 is 0. The predicted molar refractivity (Wildman–Crippen MR) is 41.9 cm³/mol. The van der Waals surface area contributed by atoms with Gasteiger partial charge in [-0.25, -0.2) is 0 Å². The minimum atomic E-state index is 0. The van der Waals surface area contributed by atoms with Crippen molar-refractivity contribution < 1.29 is 4.79 Å². The summed E-state index contributed by atoms with van der Waals surface area (Å²) in [7, 11) is 0. The molecule has 0 heterocycles. The molecule has 0 atom stereocenters. The lowest BCUT2D eigenvalue weighted by atomic mass is 10.2. The molecule has 48 valence electrons. The van der Waals surface area contributed by atoms with E-state index < -0.39 is 0 Å². The second-order valence-electron chi connectivity index (χ2n) is 1.58. The average Bonchev–Trinajstić information content (AvgIpc) is 1.90. The van der Waals surface area contributed by atoms with Crippen molar-refractivity contribution in [3.05, 3.63) is 29.8 Å². The Labute approximate surface area is 61.0 Å². The predicted octanol–water partition coefficient (Wildman–Crippen LogP) is 1.29. The highest BCUT2D eigenvalue weighted by molar-refractivity contribution is 7.59. The minimum absolute atomic E-state index is 0. The summed E-state index contributed by atoms with van der Waals surface area (Å²) in [5.74, 6) is 0. The Morgan fingerprint density at radius 3 is 2.56 bits per heavy atom. The van der Waals surface area contributed by atoms with Gasteiger partial charge in [0.2, 0.25) is 0 Å². The van der Waals surface area contributed by atoms with E-state index in [0.29, 0.717) is 5.71 Å². The summed E-state index contributed by atoms with van der Waals surface area (Å²) in [6.07, 6.45) is 8.23. The van der Waals surface area contributed by atoms with Crippen LogP contribution in [-0.4, -0.2) is 10.5 Å². The van der Waals surface area contributed by atoms with Crippen molar-refractivity contribution in [2.45, 2.75) is 6.42 Å². The first-order chi connectivity index (χ1) is 3.93. The Morgan fingerprint density at radius 2 is 2.22 bits per heavy atom. The Kier molecular flexibility index (Phi) is 3.76. The molecule has 1 rings (SSSR count). The molecule has 3 heteroatoms. The largest absolute Gasteiger partial charge is 0.361 e. The van der Waals surface area contributed by atoms with Crippen LogP contribution in [-0.2, 0) is 0 Å². The molecular formula is C6H8N2S. The summed E-state index contributed by atoms with van der Waals surface area (Å²) >= 11 is 0. The van der Waals surface area contributed by atoms with Crippen LogP contribution in [0.3, 0.4) is 0 Å². The van der Waals surface area contributed by atoms with Crippen molar-refractivity contribution in [1.29, 1.82) is 0 Å². The molecule has 9 heavy (non-hydrogen) atoms. The zero-order valence-corrected chi connectivity index (χ0v) is 5.91.